The molecule has 0 aliphatic carbocycles. The molecule has 4 nitrogen and oxygen atoms in total. The molecule has 1 N–H and O–H groups in total. The van der Waals surface area contributed by atoms with Gasteiger partial charge in [0.1, 0.15) is 6.04 Å². The van der Waals surface area contributed by atoms with Gasteiger partial charge in [0.05, 0.1) is 11.1 Å². The molecule has 1 amide bonds. The lowest BCUT2D eigenvalue weighted by molar-refractivity contribution is -0.143. The fourth-order valence-corrected chi connectivity index (χ4v) is 4.76. The smallest absolute Gasteiger partial charge is 0.350 e. The van der Waals surface area contributed by atoms with Gasteiger partial charge in [-0.1, -0.05) is 42.5 Å². The number of hydrogen-bond acceptors (Lipinski definition) is 3. The van der Waals surface area contributed by atoms with Gasteiger partial charge in [-0.3, -0.25) is 9.69 Å². The van der Waals surface area contributed by atoms with Gasteiger partial charge in [-0.05, 0) is 48.2 Å². The molecule has 0 saturated carbocycles. The summed E-state index contributed by atoms with van der Waals surface area (Å²) in [5.41, 5.74) is -1.75. The minimum Gasteiger partial charge on any atom is -0.350 e. The molecule has 1 saturated heterocycles. The number of carbonyl (C=O) groups is 1. The molecule has 0 bridgehead atoms. The van der Waals surface area contributed by atoms with Crippen LogP contribution in [0.25, 0.3) is 0 Å². The number of nitrogens with one attached hydrogen (secondary N) is 1. The Labute approximate surface area is 205 Å². The van der Waals surface area contributed by atoms with E-state index >= 15 is 0 Å². The number of rotatable bonds is 7. The van der Waals surface area contributed by atoms with Crippen molar-refractivity contribution in [3.05, 3.63) is 82.9 Å². The van der Waals surface area contributed by atoms with Crippen molar-refractivity contribution in [1.82, 2.24) is 15.1 Å². The van der Waals surface area contributed by atoms with Crippen LogP contribution in [0.3, 0.4) is 0 Å². The Morgan fingerprint density at radius 2 is 1.61 bits per heavy atom. The Morgan fingerprint density at radius 1 is 0.944 bits per heavy atom. The minimum atomic E-state index is -4.93. The summed E-state index contributed by atoms with van der Waals surface area (Å²) in [7, 11) is 0. The van der Waals surface area contributed by atoms with Gasteiger partial charge in [0.2, 0.25) is 5.91 Å². The molecule has 2 aliphatic heterocycles. The number of hydrogen-bond donors (Lipinski definition) is 1. The summed E-state index contributed by atoms with van der Waals surface area (Å²) >= 11 is 0. The quantitative estimate of drug-likeness (QED) is 0.417. The Kier molecular flexibility index (Phi) is 7.75. The van der Waals surface area contributed by atoms with Gasteiger partial charge in [0.25, 0.3) is 0 Å². The van der Waals surface area contributed by atoms with Crippen LogP contribution in [-0.2, 0) is 23.7 Å². The number of likely N-dealkylation sites (tertiary alicyclic amines) is 1. The Balaban J connectivity index is 1.32. The van der Waals surface area contributed by atoms with Crippen LogP contribution in [-0.4, -0.2) is 54.5 Å². The molecule has 0 radical (unpaired) electrons. The van der Waals surface area contributed by atoms with E-state index in [0.29, 0.717) is 31.1 Å². The summed E-state index contributed by atoms with van der Waals surface area (Å²) < 4.78 is 78.5. The molecular weight excluding hydrogens is 484 g/mol. The highest BCUT2D eigenvalue weighted by Gasteiger charge is 2.37. The Hall–Kier alpha value is -2.85. The molecule has 36 heavy (non-hydrogen) atoms. The van der Waals surface area contributed by atoms with Crippen molar-refractivity contribution in [3.63, 3.8) is 0 Å². The standard InChI is InChI=1S/C26H27F6N3O/c27-25(28,29)21-13-18(14-22(15-21)26(30,31)32)16-33-24(36)23-7-4-9-35(23)12-11-34-10-8-20(17-34)19-5-2-1-3-6-19/h1-7,13-15,20,23H,8-12,16-17H2,(H,33,36)/t20?,23-/m0/s1. The van der Waals surface area contributed by atoms with E-state index in [-0.39, 0.29) is 11.6 Å². The number of nitrogens with zero attached hydrogens (tertiary/aromatic N) is 2. The van der Waals surface area contributed by atoms with Gasteiger partial charge in [0.15, 0.2) is 0 Å². The van der Waals surface area contributed by atoms with Crippen LogP contribution in [0, 0.1) is 0 Å². The first-order chi connectivity index (χ1) is 17.0. The average Bonchev–Trinajstić information content (AvgIpc) is 3.50. The van der Waals surface area contributed by atoms with Gasteiger partial charge < -0.3 is 10.2 Å². The maximum atomic E-state index is 13.1. The molecular formula is C26H27F6N3O. The third-order valence-electron chi connectivity index (χ3n) is 6.68. The predicted molar refractivity (Wildman–Crippen MR) is 123 cm³/mol. The van der Waals surface area contributed by atoms with E-state index in [1.54, 1.807) is 6.08 Å². The highest BCUT2D eigenvalue weighted by molar-refractivity contribution is 5.84. The summed E-state index contributed by atoms with van der Waals surface area (Å²) in [5.74, 6) is 0.00866. The van der Waals surface area contributed by atoms with Gasteiger partial charge in [-0.2, -0.15) is 26.3 Å². The number of halogens is 6. The number of alkyl halides is 6. The van der Waals surface area contributed by atoms with Crippen LogP contribution in [0.4, 0.5) is 26.3 Å². The van der Waals surface area contributed by atoms with E-state index in [1.807, 2.05) is 29.2 Å². The summed E-state index contributed by atoms with van der Waals surface area (Å²) in [5, 5.41) is 2.50. The van der Waals surface area contributed by atoms with E-state index in [9.17, 15) is 31.1 Å². The molecule has 2 heterocycles. The molecule has 4 rings (SSSR count). The van der Waals surface area contributed by atoms with Crippen LogP contribution < -0.4 is 5.32 Å². The summed E-state index contributed by atoms with van der Waals surface area (Å²) in [6, 6.07) is 11.0. The fraction of sp³-hybridized carbons (Fsp3) is 0.423. The number of carbonyl (C=O) groups excluding carboxylic acids is 1. The maximum absolute atomic E-state index is 13.1. The first-order valence-corrected chi connectivity index (χ1v) is 11.7. The second-order valence-electron chi connectivity index (χ2n) is 9.20. The zero-order valence-electron chi connectivity index (χ0n) is 19.4. The summed E-state index contributed by atoms with van der Waals surface area (Å²) in [6.07, 6.45) is -5.25. The monoisotopic (exact) mass is 511 g/mol. The van der Waals surface area contributed by atoms with Gasteiger partial charge in [0, 0.05) is 32.7 Å². The van der Waals surface area contributed by atoms with Crippen molar-refractivity contribution in [3.8, 4) is 0 Å². The van der Waals surface area contributed by atoms with Gasteiger partial charge in [-0.15, -0.1) is 0 Å². The van der Waals surface area contributed by atoms with Gasteiger partial charge in [-0.25, -0.2) is 0 Å². The van der Waals surface area contributed by atoms with Crippen molar-refractivity contribution in [2.45, 2.75) is 37.3 Å². The number of benzene rings is 2. The highest BCUT2D eigenvalue weighted by Crippen LogP contribution is 2.36. The predicted octanol–water partition coefficient (Wildman–Crippen LogP) is 5.07. The van der Waals surface area contributed by atoms with Crippen molar-refractivity contribution in [2.75, 3.05) is 32.7 Å². The van der Waals surface area contributed by atoms with Crippen molar-refractivity contribution < 1.29 is 31.1 Å². The van der Waals surface area contributed by atoms with Crippen molar-refractivity contribution in [1.29, 1.82) is 0 Å². The summed E-state index contributed by atoms with van der Waals surface area (Å²) in [6.45, 7) is 3.38. The molecule has 1 unspecified atom stereocenters. The van der Waals surface area contributed by atoms with Crippen molar-refractivity contribution in [2.24, 2.45) is 0 Å². The van der Waals surface area contributed by atoms with Crippen molar-refractivity contribution >= 4 is 5.91 Å². The first kappa shape index (κ1) is 26.2. The highest BCUT2D eigenvalue weighted by atomic mass is 19.4. The minimum absolute atomic E-state index is 0.0769. The largest absolute Gasteiger partial charge is 0.416 e. The molecule has 2 aromatic rings. The Morgan fingerprint density at radius 3 is 2.25 bits per heavy atom. The fourth-order valence-electron chi connectivity index (χ4n) is 4.76. The molecule has 2 aromatic carbocycles. The van der Waals surface area contributed by atoms with Crippen LogP contribution in [0.1, 0.15) is 34.6 Å². The van der Waals surface area contributed by atoms with Crippen LogP contribution >= 0.6 is 0 Å². The Bertz CT molecular complexity index is 1050. The summed E-state index contributed by atoms with van der Waals surface area (Å²) in [4.78, 5) is 17.0. The molecule has 10 heteroatoms. The lowest BCUT2D eigenvalue weighted by atomic mass is 9.99. The van der Waals surface area contributed by atoms with E-state index in [0.717, 1.165) is 26.1 Å². The van der Waals surface area contributed by atoms with Crippen LogP contribution in [0.2, 0.25) is 0 Å². The second kappa shape index (κ2) is 10.6. The molecule has 2 aliphatic rings. The SMILES string of the molecule is O=C(NCc1cc(C(F)(F)F)cc(C(F)(F)F)c1)[C@@H]1C=CCN1CCN1CCC(c2ccccc2)C1. The van der Waals surface area contributed by atoms with Crippen LogP contribution in [0.15, 0.2) is 60.7 Å². The van der Waals surface area contributed by atoms with E-state index < -0.39 is 42.0 Å². The normalized spacial score (nSPS) is 21.3. The van der Waals surface area contributed by atoms with E-state index in [4.69, 9.17) is 0 Å². The van der Waals surface area contributed by atoms with E-state index in [2.05, 4.69) is 22.3 Å². The molecule has 194 valence electrons. The zero-order chi connectivity index (χ0) is 25.9. The molecule has 0 aromatic heterocycles. The molecule has 0 spiro atoms. The maximum Gasteiger partial charge on any atom is 0.416 e. The van der Waals surface area contributed by atoms with Gasteiger partial charge >= 0.3 is 12.4 Å². The lowest BCUT2D eigenvalue weighted by Gasteiger charge is -2.26. The first-order valence-electron chi connectivity index (χ1n) is 11.7. The number of amides is 1. The molecule has 2 atom stereocenters. The average molecular weight is 512 g/mol. The second-order valence-corrected chi connectivity index (χ2v) is 9.20. The van der Waals surface area contributed by atoms with E-state index in [1.165, 1.54) is 5.56 Å². The van der Waals surface area contributed by atoms with Crippen LogP contribution in [0.5, 0.6) is 0 Å². The third kappa shape index (κ3) is 6.47. The molecule has 1 fully saturated rings. The third-order valence-corrected chi connectivity index (χ3v) is 6.68. The topological polar surface area (TPSA) is 35.6 Å². The zero-order valence-corrected chi connectivity index (χ0v) is 19.4. The lowest BCUT2D eigenvalue weighted by Crippen LogP contribution is -2.45.